The van der Waals surface area contributed by atoms with Crippen LogP contribution in [-0.2, 0) is 0 Å². The number of rotatable bonds is 5. The van der Waals surface area contributed by atoms with Crippen LogP contribution in [0.1, 0.15) is 20.7 Å². The van der Waals surface area contributed by atoms with E-state index in [9.17, 15) is 9.59 Å². The average Bonchev–Trinajstić information content (AvgIpc) is 2.52. The summed E-state index contributed by atoms with van der Waals surface area (Å²) in [5.74, 6) is -0.506. The minimum Gasteiger partial charge on any atom is -0.366 e. The first kappa shape index (κ1) is 16.5. The van der Waals surface area contributed by atoms with Crippen molar-refractivity contribution in [1.29, 1.82) is 0 Å². The van der Waals surface area contributed by atoms with Gasteiger partial charge in [-0.3, -0.25) is 9.59 Å². The van der Waals surface area contributed by atoms with Gasteiger partial charge in [-0.2, -0.15) is 0 Å². The molecule has 0 bridgehead atoms. The Morgan fingerprint density at radius 1 is 0.864 bits per heavy atom. The first-order valence-electron chi connectivity index (χ1n) is 6.54. The van der Waals surface area contributed by atoms with Crippen LogP contribution in [-0.4, -0.2) is 30.8 Å². The van der Waals surface area contributed by atoms with Gasteiger partial charge in [-0.1, -0.05) is 45.9 Å². The number of hydrogen-bond acceptors (Lipinski definition) is 4. The van der Waals surface area contributed by atoms with Crippen LogP contribution in [0.15, 0.2) is 58.3 Å². The Kier molecular flexibility index (Phi) is 5.51. The van der Waals surface area contributed by atoms with Gasteiger partial charge in [0.1, 0.15) is 0 Å². The van der Waals surface area contributed by atoms with Crippen LogP contribution in [0.3, 0.4) is 0 Å². The standard InChI is InChI=1S/C16H16N2O2S2/c1-18(2)16(20)12-8-4-6-10-14(12)22-21-13-9-5-3-7-11(13)15(17)19/h3-10H,1-2H3,(H2,17,19). The van der Waals surface area contributed by atoms with Crippen molar-refractivity contribution in [1.82, 2.24) is 4.90 Å². The molecule has 2 rings (SSSR count). The highest BCUT2D eigenvalue weighted by atomic mass is 33.1. The SMILES string of the molecule is CN(C)C(=O)c1ccccc1SSc1ccccc1C(N)=O. The second-order valence-corrected chi connectivity index (χ2v) is 6.94. The van der Waals surface area contributed by atoms with Crippen molar-refractivity contribution in [2.75, 3.05) is 14.1 Å². The summed E-state index contributed by atoms with van der Waals surface area (Å²) in [4.78, 5) is 26.8. The molecular weight excluding hydrogens is 316 g/mol. The minimum atomic E-state index is -0.457. The molecule has 0 spiro atoms. The second kappa shape index (κ2) is 7.38. The molecule has 0 saturated carbocycles. The minimum absolute atomic E-state index is 0.0492. The number of carbonyl (C=O) groups is 2. The van der Waals surface area contributed by atoms with Gasteiger partial charge in [0.05, 0.1) is 11.1 Å². The van der Waals surface area contributed by atoms with Crippen LogP contribution in [0, 0.1) is 0 Å². The molecule has 0 atom stereocenters. The lowest BCUT2D eigenvalue weighted by Crippen LogP contribution is -2.22. The molecule has 2 aromatic rings. The van der Waals surface area contributed by atoms with Crippen molar-refractivity contribution in [2.45, 2.75) is 9.79 Å². The van der Waals surface area contributed by atoms with Gasteiger partial charge in [0.25, 0.3) is 5.91 Å². The molecule has 0 fully saturated rings. The highest BCUT2D eigenvalue weighted by Gasteiger charge is 2.15. The Morgan fingerprint density at radius 3 is 1.82 bits per heavy atom. The smallest absolute Gasteiger partial charge is 0.254 e. The zero-order chi connectivity index (χ0) is 16.1. The van der Waals surface area contributed by atoms with Crippen molar-refractivity contribution in [3.05, 3.63) is 59.7 Å². The highest BCUT2D eigenvalue weighted by Crippen LogP contribution is 2.40. The molecule has 0 radical (unpaired) electrons. The van der Waals surface area contributed by atoms with E-state index in [1.54, 1.807) is 37.2 Å². The van der Waals surface area contributed by atoms with E-state index in [-0.39, 0.29) is 5.91 Å². The fourth-order valence-electron chi connectivity index (χ4n) is 1.79. The maximum atomic E-state index is 12.2. The molecule has 22 heavy (non-hydrogen) atoms. The normalized spacial score (nSPS) is 10.3. The molecule has 114 valence electrons. The average molecular weight is 332 g/mol. The quantitative estimate of drug-likeness (QED) is 0.854. The van der Waals surface area contributed by atoms with E-state index in [2.05, 4.69) is 0 Å². The third-order valence-corrected chi connectivity index (χ3v) is 5.38. The van der Waals surface area contributed by atoms with Gasteiger partial charge in [0, 0.05) is 23.9 Å². The van der Waals surface area contributed by atoms with E-state index in [0.717, 1.165) is 9.79 Å². The first-order valence-corrected chi connectivity index (χ1v) is 8.69. The van der Waals surface area contributed by atoms with Gasteiger partial charge in [0.2, 0.25) is 5.91 Å². The van der Waals surface area contributed by atoms with Crippen LogP contribution < -0.4 is 5.73 Å². The summed E-state index contributed by atoms with van der Waals surface area (Å²) in [6.07, 6.45) is 0. The lowest BCUT2D eigenvalue weighted by atomic mass is 10.2. The zero-order valence-electron chi connectivity index (χ0n) is 12.3. The lowest BCUT2D eigenvalue weighted by molar-refractivity contribution is 0.0824. The topological polar surface area (TPSA) is 63.4 Å². The molecule has 2 amide bonds. The van der Waals surface area contributed by atoms with Crippen molar-refractivity contribution in [2.24, 2.45) is 5.73 Å². The Hall–Kier alpha value is -1.92. The molecule has 0 aromatic heterocycles. The molecular formula is C16H16N2O2S2. The molecule has 4 nitrogen and oxygen atoms in total. The van der Waals surface area contributed by atoms with Crippen molar-refractivity contribution in [3.63, 3.8) is 0 Å². The predicted molar refractivity (Wildman–Crippen MR) is 91.1 cm³/mol. The molecule has 0 aliphatic heterocycles. The number of carbonyl (C=O) groups excluding carboxylic acids is 2. The van der Waals surface area contributed by atoms with E-state index in [4.69, 9.17) is 5.73 Å². The zero-order valence-corrected chi connectivity index (χ0v) is 13.9. The third-order valence-electron chi connectivity index (χ3n) is 2.90. The maximum absolute atomic E-state index is 12.2. The van der Waals surface area contributed by atoms with Crippen LogP contribution in [0.4, 0.5) is 0 Å². The molecule has 0 heterocycles. The Bertz CT molecular complexity index is 702. The molecule has 0 saturated heterocycles. The van der Waals surface area contributed by atoms with E-state index in [1.807, 2.05) is 30.3 Å². The summed E-state index contributed by atoms with van der Waals surface area (Å²) in [6.45, 7) is 0. The third kappa shape index (κ3) is 3.84. The van der Waals surface area contributed by atoms with Gasteiger partial charge >= 0.3 is 0 Å². The number of nitrogens with two attached hydrogens (primary N) is 1. The molecule has 6 heteroatoms. The fourth-order valence-corrected chi connectivity index (χ4v) is 4.15. The van der Waals surface area contributed by atoms with Gasteiger partial charge in [0.15, 0.2) is 0 Å². The van der Waals surface area contributed by atoms with Crippen molar-refractivity contribution in [3.8, 4) is 0 Å². The van der Waals surface area contributed by atoms with Crippen LogP contribution in [0.5, 0.6) is 0 Å². The summed E-state index contributed by atoms with van der Waals surface area (Å²) in [6, 6.07) is 14.6. The van der Waals surface area contributed by atoms with Gasteiger partial charge in [-0.15, -0.1) is 0 Å². The molecule has 0 unspecified atom stereocenters. The number of nitrogens with zero attached hydrogens (tertiary/aromatic N) is 1. The number of primary amides is 1. The summed E-state index contributed by atoms with van der Waals surface area (Å²) >= 11 is 0. The van der Waals surface area contributed by atoms with Gasteiger partial charge < -0.3 is 10.6 Å². The van der Waals surface area contributed by atoms with Gasteiger partial charge in [-0.25, -0.2) is 0 Å². The predicted octanol–water partition coefficient (Wildman–Crippen LogP) is 3.29. The Labute approximate surface area is 137 Å². The van der Waals surface area contributed by atoms with Crippen LogP contribution >= 0.6 is 21.6 Å². The number of hydrogen-bond donors (Lipinski definition) is 1. The monoisotopic (exact) mass is 332 g/mol. The van der Waals surface area contributed by atoms with E-state index in [1.165, 1.54) is 21.6 Å². The Morgan fingerprint density at radius 2 is 1.32 bits per heavy atom. The Balaban J connectivity index is 2.23. The van der Waals surface area contributed by atoms with Gasteiger partial charge in [-0.05, 0) is 24.3 Å². The molecule has 0 aliphatic rings. The maximum Gasteiger partial charge on any atom is 0.254 e. The highest BCUT2D eigenvalue weighted by molar-refractivity contribution is 8.76. The van der Waals surface area contributed by atoms with E-state index in [0.29, 0.717) is 11.1 Å². The largest absolute Gasteiger partial charge is 0.366 e. The van der Waals surface area contributed by atoms with Crippen molar-refractivity contribution >= 4 is 33.4 Å². The summed E-state index contributed by atoms with van der Waals surface area (Å²) in [5, 5.41) is 0. The lowest BCUT2D eigenvalue weighted by Gasteiger charge is -2.13. The summed E-state index contributed by atoms with van der Waals surface area (Å²) < 4.78 is 0. The van der Waals surface area contributed by atoms with E-state index >= 15 is 0 Å². The molecule has 2 aromatic carbocycles. The molecule has 0 aliphatic carbocycles. The first-order chi connectivity index (χ1) is 10.5. The molecule has 2 N–H and O–H groups in total. The number of amides is 2. The van der Waals surface area contributed by atoms with Crippen molar-refractivity contribution < 1.29 is 9.59 Å². The summed E-state index contributed by atoms with van der Waals surface area (Å²) in [7, 11) is 6.30. The second-order valence-electron chi connectivity index (χ2n) is 4.72. The summed E-state index contributed by atoms with van der Waals surface area (Å²) in [5.41, 5.74) is 6.50. The number of benzene rings is 2. The van der Waals surface area contributed by atoms with Crippen LogP contribution in [0.25, 0.3) is 0 Å². The fraction of sp³-hybridized carbons (Fsp3) is 0.125. The van der Waals surface area contributed by atoms with Crippen LogP contribution in [0.2, 0.25) is 0 Å². The van der Waals surface area contributed by atoms with E-state index < -0.39 is 5.91 Å².